The molecule has 2 atom stereocenters. The van der Waals surface area contributed by atoms with Crippen LogP contribution < -0.4 is 0 Å². The molecular weight excluding hydrogens is 263 g/mol. The molecule has 1 heterocycles. The van der Waals surface area contributed by atoms with Crippen LogP contribution in [0.4, 0.5) is 0 Å². The Balaban J connectivity index is 2.19. The van der Waals surface area contributed by atoms with E-state index in [1.807, 2.05) is 35.0 Å². The molecule has 2 rings (SSSR count). The number of alkyl halides is 1. The number of benzene rings is 1. The smallest absolute Gasteiger partial charge is 0.124 e. The Hall–Kier alpha value is -0.640. The maximum atomic E-state index is 6.29. The van der Waals surface area contributed by atoms with E-state index >= 15 is 0 Å². The lowest BCUT2D eigenvalue weighted by Gasteiger charge is -2.18. The third-order valence-electron chi connectivity index (χ3n) is 2.28. The summed E-state index contributed by atoms with van der Waals surface area (Å²) in [5.74, 6) is 0. The van der Waals surface area contributed by atoms with Crippen LogP contribution in [0.3, 0.4) is 0 Å². The van der Waals surface area contributed by atoms with Crippen LogP contribution in [0.1, 0.15) is 16.3 Å². The number of nitrogens with zero attached hydrogens (tertiary/aromatic N) is 2. The molecule has 2 nitrogen and oxygen atoms in total. The molecule has 0 fully saturated rings. The molecule has 16 heavy (non-hydrogen) atoms. The molecule has 84 valence electrons. The summed E-state index contributed by atoms with van der Waals surface area (Å²) >= 11 is 16.6. The number of halogens is 2. The topological polar surface area (TPSA) is 17.8 Å². The Labute approximate surface area is 110 Å². The van der Waals surface area contributed by atoms with Crippen LogP contribution in [0.25, 0.3) is 0 Å². The third kappa shape index (κ3) is 2.54. The molecule has 0 amide bonds. The van der Waals surface area contributed by atoms with Crippen molar-refractivity contribution in [2.24, 2.45) is 0 Å². The van der Waals surface area contributed by atoms with Crippen molar-refractivity contribution in [1.82, 2.24) is 9.55 Å². The monoisotopic (exact) mass is 272 g/mol. The zero-order valence-electron chi connectivity index (χ0n) is 8.29. The number of imidazole rings is 1. The largest absolute Gasteiger partial charge is 0.319 e. The molecule has 0 aliphatic heterocycles. The Morgan fingerprint density at radius 2 is 1.94 bits per heavy atom. The van der Waals surface area contributed by atoms with Crippen molar-refractivity contribution in [3.05, 3.63) is 53.6 Å². The maximum Gasteiger partial charge on any atom is 0.124 e. The van der Waals surface area contributed by atoms with Gasteiger partial charge in [-0.1, -0.05) is 35.3 Å². The van der Waals surface area contributed by atoms with Gasteiger partial charge in [0, 0.05) is 17.4 Å². The third-order valence-corrected chi connectivity index (χ3v) is 3.77. The molecule has 0 aliphatic carbocycles. The van der Waals surface area contributed by atoms with Gasteiger partial charge in [-0.05, 0) is 17.7 Å². The minimum Gasteiger partial charge on any atom is -0.319 e. The van der Waals surface area contributed by atoms with E-state index in [2.05, 4.69) is 17.6 Å². The fraction of sp³-hybridized carbons (Fsp3) is 0.182. The number of aromatic nitrogens is 2. The minimum absolute atomic E-state index is 0.104. The zero-order valence-corrected chi connectivity index (χ0v) is 10.7. The van der Waals surface area contributed by atoms with Crippen molar-refractivity contribution in [3.63, 3.8) is 0 Å². The van der Waals surface area contributed by atoms with E-state index < -0.39 is 0 Å². The van der Waals surface area contributed by atoms with Gasteiger partial charge in [0.25, 0.3) is 0 Å². The fourth-order valence-corrected chi connectivity index (χ4v) is 2.11. The molecular formula is C11H10Cl2N2S. The normalized spacial score (nSPS) is 14.7. The molecule has 0 spiro atoms. The van der Waals surface area contributed by atoms with E-state index in [4.69, 9.17) is 23.2 Å². The Morgan fingerprint density at radius 3 is 2.50 bits per heavy atom. The molecule has 2 unspecified atom stereocenters. The quantitative estimate of drug-likeness (QED) is 0.662. The van der Waals surface area contributed by atoms with Crippen molar-refractivity contribution in [2.45, 2.75) is 10.8 Å². The Bertz CT molecular complexity index is 442. The lowest BCUT2D eigenvalue weighted by Crippen LogP contribution is -2.06. The molecule has 5 heteroatoms. The fourth-order valence-electron chi connectivity index (χ4n) is 1.40. The first kappa shape index (κ1) is 11.8. The van der Waals surface area contributed by atoms with Crippen LogP contribution in [-0.4, -0.2) is 9.55 Å². The van der Waals surface area contributed by atoms with Crippen molar-refractivity contribution >= 4 is 35.8 Å². The van der Waals surface area contributed by atoms with Crippen LogP contribution in [0.15, 0.2) is 43.0 Å². The lowest BCUT2D eigenvalue weighted by atomic mass is 10.1. The van der Waals surface area contributed by atoms with Gasteiger partial charge < -0.3 is 4.57 Å². The van der Waals surface area contributed by atoms with E-state index in [-0.39, 0.29) is 10.8 Å². The summed E-state index contributed by atoms with van der Waals surface area (Å²) in [4.78, 5) is 3.96. The summed E-state index contributed by atoms with van der Waals surface area (Å²) in [5, 5.41) is 0.603. The summed E-state index contributed by atoms with van der Waals surface area (Å²) in [6.07, 6.45) is 5.19. The maximum absolute atomic E-state index is 6.29. The number of hydrogen-bond acceptors (Lipinski definition) is 2. The van der Waals surface area contributed by atoms with Crippen LogP contribution in [0.2, 0.25) is 5.02 Å². The number of rotatable bonds is 3. The molecule has 0 aliphatic rings. The second-order valence-electron chi connectivity index (χ2n) is 3.38. The van der Waals surface area contributed by atoms with Crippen LogP contribution in [0, 0.1) is 0 Å². The van der Waals surface area contributed by atoms with Crippen LogP contribution in [0.5, 0.6) is 0 Å². The minimum atomic E-state index is -0.271. The van der Waals surface area contributed by atoms with Gasteiger partial charge >= 0.3 is 0 Å². The van der Waals surface area contributed by atoms with Gasteiger partial charge in [0.05, 0.1) is 11.6 Å². The number of thiol groups is 1. The van der Waals surface area contributed by atoms with Gasteiger partial charge in [0.1, 0.15) is 5.50 Å². The Kier molecular flexibility index (Phi) is 3.79. The van der Waals surface area contributed by atoms with Crippen molar-refractivity contribution in [3.8, 4) is 0 Å². The molecule has 0 saturated carbocycles. The molecule has 2 aromatic rings. The molecule has 0 radical (unpaired) electrons. The predicted molar refractivity (Wildman–Crippen MR) is 70.3 cm³/mol. The molecule has 0 saturated heterocycles. The van der Waals surface area contributed by atoms with E-state index in [9.17, 15) is 0 Å². The highest BCUT2D eigenvalue weighted by Crippen LogP contribution is 2.35. The Morgan fingerprint density at radius 1 is 1.25 bits per heavy atom. The van der Waals surface area contributed by atoms with E-state index in [1.54, 1.807) is 12.5 Å². The number of hydrogen-bond donors (Lipinski definition) is 1. The highest BCUT2D eigenvalue weighted by molar-refractivity contribution is 7.80. The SMILES string of the molecule is SC(c1ccc(Cl)cc1)C(Cl)n1ccnc1. The van der Waals surface area contributed by atoms with Crippen molar-refractivity contribution in [2.75, 3.05) is 0 Å². The van der Waals surface area contributed by atoms with Crippen LogP contribution in [-0.2, 0) is 0 Å². The summed E-state index contributed by atoms with van der Waals surface area (Å²) in [6, 6.07) is 7.51. The summed E-state index contributed by atoms with van der Waals surface area (Å²) in [6.45, 7) is 0. The summed E-state index contributed by atoms with van der Waals surface area (Å²) < 4.78 is 1.81. The standard InChI is InChI=1S/C11H10Cl2N2S/c12-9-3-1-8(2-4-9)10(16)11(13)15-6-5-14-7-15/h1-7,10-11,16H. The van der Waals surface area contributed by atoms with Gasteiger partial charge in [0.2, 0.25) is 0 Å². The van der Waals surface area contributed by atoms with Gasteiger partial charge in [-0.25, -0.2) is 4.98 Å². The van der Waals surface area contributed by atoms with E-state index in [0.717, 1.165) is 5.56 Å². The van der Waals surface area contributed by atoms with Crippen LogP contribution >= 0.6 is 35.8 Å². The highest BCUT2D eigenvalue weighted by atomic mass is 35.5. The van der Waals surface area contributed by atoms with E-state index in [1.165, 1.54) is 0 Å². The van der Waals surface area contributed by atoms with Gasteiger partial charge in [0.15, 0.2) is 0 Å². The highest BCUT2D eigenvalue weighted by Gasteiger charge is 2.18. The predicted octanol–water partition coefficient (Wildman–Crippen LogP) is 3.95. The van der Waals surface area contributed by atoms with Crippen molar-refractivity contribution < 1.29 is 0 Å². The van der Waals surface area contributed by atoms with Gasteiger partial charge in [-0.3, -0.25) is 0 Å². The van der Waals surface area contributed by atoms with Gasteiger partial charge in [-0.15, -0.1) is 0 Å². The first-order chi connectivity index (χ1) is 7.68. The summed E-state index contributed by atoms with van der Waals surface area (Å²) in [7, 11) is 0. The second kappa shape index (κ2) is 5.13. The second-order valence-corrected chi connectivity index (χ2v) is 4.82. The molecule has 1 aromatic carbocycles. The zero-order chi connectivity index (χ0) is 11.5. The first-order valence-corrected chi connectivity index (χ1v) is 6.06. The summed E-state index contributed by atoms with van der Waals surface area (Å²) in [5.41, 5.74) is 0.758. The van der Waals surface area contributed by atoms with E-state index in [0.29, 0.717) is 5.02 Å². The van der Waals surface area contributed by atoms with Crippen molar-refractivity contribution in [1.29, 1.82) is 0 Å². The molecule has 0 N–H and O–H groups in total. The average molecular weight is 273 g/mol. The average Bonchev–Trinajstić information content (AvgIpc) is 2.81. The molecule has 0 bridgehead atoms. The molecule has 1 aromatic heterocycles. The van der Waals surface area contributed by atoms with Gasteiger partial charge in [-0.2, -0.15) is 12.6 Å². The lowest BCUT2D eigenvalue weighted by molar-refractivity contribution is 0.654. The first-order valence-electron chi connectivity index (χ1n) is 4.73.